The molecule has 5 fully saturated rings. The summed E-state index contributed by atoms with van der Waals surface area (Å²) in [4.78, 5) is 0. The fourth-order valence-corrected chi connectivity index (χ4v) is 9.18. The van der Waals surface area contributed by atoms with Gasteiger partial charge in [0.15, 0.2) is 0 Å². The Bertz CT molecular complexity index is 717. The molecule has 2 heterocycles. The molecule has 3 heteroatoms. The van der Waals surface area contributed by atoms with Crippen LogP contribution in [0.5, 0.6) is 0 Å². The van der Waals surface area contributed by atoms with E-state index in [0.717, 1.165) is 49.0 Å². The molecule has 0 amide bonds. The van der Waals surface area contributed by atoms with Crippen molar-refractivity contribution in [2.75, 3.05) is 6.54 Å². The van der Waals surface area contributed by atoms with Crippen molar-refractivity contribution >= 4 is 0 Å². The van der Waals surface area contributed by atoms with Crippen LogP contribution < -0.4 is 5.32 Å². The monoisotopic (exact) mass is 399 g/mol. The van der Waals surface area contributed by atoms with Gasteiger partial charge in [-0.3, -0.25) is 0 Å². The van der Waals surface area contributed by atoms with Gasteiger partial charge in [0.2, 0.25) is 0 Å². The molecule has 2 N–H and O–H groups in total. The van der Waals surface area contributed by atoms with Crippen LogP contribution in [0.4, 0.5) is 0 Å². The van der Waals surface area contributed by atoms with Crippen LogP contribution in [0.25, 0.3) is 0 Å². The summed E-state index contributed by atoms with van der Waals surface area (Å²) in [5.41, 5.74) is 3.95. The van der Waals surface area contributed by atoms with E-state index in [-0.39, 0.29) is 11.7 Å². The first-order valence-electron chi connectivity index (χ1n) is 12.7. The highest BCUT2D eigenvalue weighted by molar-refractivity contribution is 5.35. The van der Waals surface area contributed by atoms with Gasteiger partial charge in [0, 0.05) is 6.04 Å². The number of allylic oxidation sites excluding steroid dienone is 1. The number of hydrogen-bond acceptors (Lipinski definition) is 3. The molecular formula is C26H41NO2. The predicted molar refractivity (Wildman–Crippen MR) is 116 cm³/mol. The average molecular weight is 400 g/mol. The van der Waals surface area contributed by atoms with Crippen LogP contribution in [0.3, 0.4) is 0 Å². The molecule has 10 unspecified atom stereocenters. The van der Waals surface area contributed by atoms with Crippen molar-refractivity contribution in [3.63, 3.8) is 0 Å². The third kappa shape index (κ3) is 2.72. The van der Waals surface area contributed by atoms with Crippen molar-refractivity contribution in [1.82, 2.24) is 5.32 Å². The molecule has 3 nitrogen and oxygen atoms in total. The maximum Gasteiger partial charge on any atom is 0.0912 e. The molecule has 4 aliphatic carbocycles. The van der Waals surface area contributed by atoms with Gasteiger partial charge in [-0.1, -0.05) is 19.4 Å². The van der Waals surface area contributed by atoms with Crippen LogP contribution >= 0.6 is 0 Å². The molecule has 29 heavy (non-hydrogen) atoms. The quantitative estimate of drug-likeness (QED) is 0.573. The molecule has 2 aliphatic heterocycles. The Balaban J connectivity index is 1.30. The largest absolute Gasteiger partial charge is 0.393 e. The maximum absolute atomic E-state index is 10.3. The van der Waals surface area contributed by atoms with Gasteiger partial charge in [-0.05, 0) is 118 Å². The van der Waals surface area contributed by atoms with E-state index < -0.39 is 0 Å². The van der Waals surface area contributed by atoms with Crippen LogP contribution in [-0.4, -0.2) is 35.5 Å². The fourth-order valence-electron chi connectivity index (χ4n) is 9.18. The summed E-state index contributed by atoms with van der Waals surface area (Å²) in [6.07, 6.45) is 12.8. The van der Waals surface area contributed by atoms with Crippen LogP contribution in [0.15, 0.2) is 11.1 Å². The fraction of sp³-hybridized carbons (Fsp3) is 0.923. The minimum atomic E-state index is -0.0392. The Morgan fingerprint density at radius 1 is 1.10 bits per heavy atom. The number of aliphatic hydroxyl groups is 1. The molecule has 2 saturated heterocycles. The zero-order valence-corrected chi connectivity index (χ0v) is 18.8. The molecule has 10 atom stereocenters. The highest BCUT2D eigenvalue weighted by Gasteiger charge is 2.59. The second kappa shape index (κ2) is 6.56. The third-order valence-corrected chi connectivity index (χ3v) is 10.9. The number of nitrogens with one attached hydrogen (secondary N) is 1. The van der Waals surface area contributed by atoms with Crippen molar-refractivity contribution in [3.05, 3.63) is 11.1 Å². The summed E-state index contributed by atoms with van der Waals surface area (Å²) in [6, 6.07) is 0.573. The Hall–Kier alpha value is -0.380. The van der Waals surface area contributed by atoms with Crippen LogP contribution in [0.2, 0.25) is 0 Å². The normalized spacial score (nSPS) is 56.7. The van der Waals surface area contributed by atoms with Crippen LogP contribution in [0, 0.1) is 35.0 Å². The smallest absolute Gasteiger partial charge is 0.0912 e. The molecule has 0 aromatic rings. The molecule has 6 rings (SSSR count). The molecule has 0 bridgehead atoms. The number of ether oxygens (including phenoxy) is 1. The molecule has 0 aromatic heterocycles. The van der Waals surface area contributed by atoms with Crippen molar-refractivity contribution in [3.8, 4) is 0 Å². The lowest BCUT2D eigenvalue weighted by atomic mass is 9.52. The lowest BCUT2D eigenvalue weighted by Crippen LogP contribution is -2.47. The minimum Gasteiger partial charge on any atom is -0.393 e. The molecule has 6 aliphatic rings. The minimum absolute atomic E-state index is 0.0365. The summed E-state index contributed by atoms with van der Waals surface area (Å²) in [7, 11) is 0. The van der Waals surface area contributed by atoms with E-state index in [1.165, 1.54) is 51.4 Å². The zero-order valence-electron chi connectivity index (χ0n) is 18.8. The molecule has 0 aromatic carbocycles. The van der Waals surface area contributed by atoms with Gasteiger partial charge in [-0.2, -0.15) is 0 Å². The number of hydrogen-bond donors (Lipinski definition) is 2. The van der Waals surface area contributed by atoms with Crippen LogP contribution in [0.1, 0.15) is 85.0 Å². The Kier molecular flexibility index (Phi) is 4.37. The average Bonchev–Trinajstić information content (AvgIpc) is 3.25. The summed E-state index contributed by atoms with van der Waals surface area (Å²) < 4.78 is 6.93. The van der Waals surface area contributed by atoms with Crippen molar-refractivity contribution in [2.24, 2.45) is 35.0 Å². The summed E-state index contributed by atoms with van der Waals surface area (Å²) >= 11 is 0. The number of rotatable bonds is 0. The van der Waals surface area contributed by atoms with Gasteiger partial charge in [0.25, 0.3) is 0 Å². The van der Waals surface area contributed by atoms with Crippen molar-refractivity contribution in [2.45, 2.75) is 109 Å². The summed E-state index contributed by atoms with van der Waals surface area (Å²) in [5, 5.41) is 14.1. The third-order valence-electron chi connectivity index (χ3n) is 10.9. The second-order valence-corrected chi connectivity index (χ2v) is 12.2. The first-order valence-corrected chi connectivity index (χ1v) is 12.7. The van der Waals surface area contributed by atoms with E-state index in [1.54, 1.807) is 5.57 Å². The van der Waals surface area contributed by atoms with Gasteiger partial charge < -0.3 is 15.2 Å². The predicted octanol–water partition coefficient (Wildman–Crippen LogP) is 4.84. The van der Waals surface area contributed by atoms with Gasteiger partial charge in [-0.15, -0.1) is 0 Å². The van der Waals surface area contributed by atoms with Crippen molar-refractivity contribution in [1.29, 1.82) is 0 Å². The number of fused-ring (bicyclic) bond motifs is 6. The lowest BCUT2D eigenvalue weighted by molar-refractivity contribution is -0.0704. The summed E-state index contributed by atoms with van der Waals surface area (Å²) in [6.45, 7) is 8.56. The molecule has 0 radical (unpaired) electrons. The SMILES string of the molecule is CC1=C2CC3C(CCC4CC(O)CCC43C)C2CCC12CC1NCC(C)CC1O2. The Morgan fingerprint density at radius 2 is 1.97 bits per heavy atom. The lowest BCUT2D eigenvalue weighted by Gasteiger charge is -2.53. The molecule has 1 spiro atoms. The van der Waals surface area contributed by atoms with E-state index in [2.05, 4.69) is 26.1 Å². The topological polar surface area (TPSA) is 41.5 Å². The second-order valence-electron chi connectivity index (χ2n) is 12.2. The molecule has 162 valence electrons. The van der Waals surface area contributed by atoms with E-state index in [4.69, 9.17) is 4.74 Å². The standard InChI is InChI=1S/C26H41NO2/c1-15-10-24-23(27-14-15)13-26(29-24)9-7-19-20-5-4-17-11-18(28)6-8-25(17,3)22(20)12-21(19)16(26)2/h15,17-20,22-24,27-28H,4-14H2,1-3H3. The Labute approximate surface area is 177 Å². The Morgan fingerprint density at radius 3 is 2.83 bits per heavy atom. The maximum atomic E-state index is 10.3. The van der Waals surface area contributed by atoms with Gasteiger partial charge >= 0.3 is 0 Å². The number of aliphatic hydroxyl groups excluding tert-OH is 1. The van der Waals surface area contributed by atoms with Crippen LogP contribution in [-0.2, 0) is 4.74 Å². The van der Waals surface area contributed by atoms with E-state index >= 15 is 0 Å². The van der Waals surface area contributed by atoms with Gasteiger partial charge in [0.1, 0.15) is 0 Å². The van der Waals surface area contributed by atoms with E-state index in [9.17, 15) is 5.11 Å². The molecule has 3 saturated carbocycles. The highest BCUT2D eigenvalue weighted by Crippen LogP contribution is 2.65. The van der Waals surface area contributed by atoms with Crippen molar-refractivity contribution < 1.29 is 9.84 Å². The molecular weight excluding hydrogens is 358 g/mol. The highest BCUT2D eigenvalue weighted by atomic mass is 16.5. The van der Waals surface area contributed by atoms with E-state index in [1.807, 2.05) is 5.57 Å². The number of piperidine rings is 1. The van der Waals surface area contributed by atoms with E-state index in [0.29, 0.717) is 17.6 Å². The van der Waals surface area contributed by atoms with Gasteiger partial charge in [0.05, 0.1) is 17.8 Å². The van der Waals surface area contributed by atoms with Gasteiger partial charge in [-0.25, -0.2) is 0 Å². The summed E-state index contributed by atoms with van der Waals surface area (Å²) in [5.74, 6) is 4.06. The first-order chi connectivity index (χ1) is 13.9. The first kappa shape index (κ1) is 19.3. The zero-order chi connectivity index (χ0) is 20.0.